The molecule has 7 aromatic rings. The average Bonchev–Trinajstić information content (AvgIpc) is 3.30. The van der Waals surface area contributed by atoms with E-state index in [0.717, 1.165) is 11.5 Å². The lowest BCUT2D eigenvalue weighted by molar-refractivity contribution is 0.130. The van der Waals surface area contributed by atoms with E-state index in [2.05, 4.69) is 341 Å². The minimum atomic E-state index is -0.800. The number of alkyl halides is 4. The second-order valence-electron chi connectivity index (χ2n) is 21.2. The van der Waals surface area contributed by atoms with Gasteiger partial charge in [0.15, 0.2) is 0 Å². The molecular formula is C61H62I4O2. The summed E-state index contributed by atoms with van der Waals surface area (Å²) in [6.45, 7) is 20.2. The van der Waals surface area contributed by atoms with Crippen LogP contribution < -0.4 is 9.47 Å². The summed E-state index contributed by atoms with van der Waals surface area (Å²) in [5, 5.41) is 0. The third-order valence-electron chi connectivity index (χ3n) is 14.1. The third-order valence-corrected chi connectivity index (χ3v) is 22.4. The van der Waals surface area contributed by atoms with Gasteiger partial charge in [0.2, 0.25) is 0 Å². The summed E-state index contributed by atoms with van der Waals surface area (Å²) in [6.07, 6.45) is 0. The second kappa shape index (κ2) is 18.7. The molecule has 0 N–H and O–H groups in total. The lowest BCUT2D eigenvalue weighted by Crippen LogP contribution is -2.80. The number of ether oxygens (including phenoxy) is 2. The molecule has 2 nitrogen and oxygen atoms in total. The summed E-state index contributed by atoms with van der Waals surface area (Å²) in [7, 11) is 1.76. The fourth-order valence-corrected chi connectivity index (χ4v) is 20.2. The zero-order valence-corrected chi connectivity index (χ0v) is 48.9. The Morgan fingerprint density at radius 3 is 1.10 bits per heavy atom. The third kappa shape index (κ3) is 8.13. The lowest BCUT2D eigenvalue weighted by Gasteiger charge is -2.74. The van der Waals surface area contributed by atoms with Crippen LogP contribution in [0.3, 0.4) is 0 Å². The standard InChI is InChI=1S/C61H62I4O2/c1-54(2,3)42-26-30-48(31-27-42)59(49-36-38-51(66-10)39-37-49)60(63,50-32-28-43(29-33-50)55(4,5)6)53(62)57(44-20-14-11-15-21-44,45-34-40-52(41-35-45)67-56(7,8)9)58(61(59,64)65,46-22-16-12-17-23-46)47-24-18-13-19-25-47/h11-41,53H,1-10H3. The van der Waals surface area contributed by atoms with Gasteiger partial charge >= 0.3 is 0 Å². The van der Waals surface area contributed by atoms with Gasteiger partial charge in [-0.05, 0) is 106 Å². The molecule has 7 aromatic carbocycles. The number of rotatable bonds is 9. The summed E-state index contributed by atoms with van der Waals surface area (Å²) in [5.74, 6) is 1.68. The van der Waals surface area contributed by atoms with Crippen LogP contribution in [0.2, 0.25) is 0 Å². The number of benzene rings is 7. The topological polar surface area (TPSA) is 18.5 Å². The van der Waals surface area contributed by atoms with E-state index < -0.39 is 21.1 Å². The zero-order chi connectivity index (χ0) is 48.3. The Kier molecular flexibility index (Phi) is 14.1. The molecule has 346 valence electrons. The number of hydrogen-bond donors (Lipinski definition) is 0. The van der Waals surface area contributed by atoms with Crippen molar-refractivity contribution < 1.29 is 9.47 Å². The van der Waals surface area contributed by atoms with Crippen molar-refractivity contribution in [3.8, 4) is 11.5 Å². The van der Waals surface area contributed by atoms with Crippen LogP contribution in [0, 0.1) is 0 Å². The van der Waals surface area contributed by atoms with Crippen molar-refractivity contribution >= 4 is 90.4 Å². The Morgan fingerprint density at radius 2 is 0.716 bits per heavy atom. The summed E-state index contributed by atoms with van der Waals surface area (Å²) in [6, 6.07) is 72.0. The van der Waals surface area contributed by atoms with E-state index >= 15 is 0 Å². The second-order valence-corrected chi connectivity index (χ2v) is 29.4. The van der Waals surface area contributed by atoms with Gasteiger partial charge in [-0.25, -0.2) is 0 Å². The molecule has 0 saturated heterocycles. The largest absolute Gasteiger partial charge is 0.497 e. The molecule has 0 amide bonds. The van der Waals surface area contributed by atoms with E-state index in [1.54, 1.807) is 7.11 Å². The number of methoxy groups -OCH3 is 1. The molecule has 4 atom stereocenters. The summed E-state index contributed by atoms with van der Waals surface area (Å²) < 4.78 is 11.0. The average molecular weight is 1330 g/mol. The van der Waals surface area contributed by atoms with Crippen molar-refractivity contribution in [2.45, 2.75) is 104 Å². The van der Waals surface area contributed by atoms with Crippen LogP contribution in [0.5, 0.6) is 11.5 Å². The smallest absolute Gasteiger partial charge is 0.120 e. The van der Waals surface area contributed by atoms with E-state index in [-0.39, 0.29) is 20.4 Å². The van der Waals surface area contributed by atoms with Crippen LogP contribution in [0.4, 0.5) is 0 Å². The Labute approximate surface area is 455 Å². The molecule has 0 aliphatic heterocycles. The van der Waals surface area contributed by atoms with Gasteiger partial charge in [-0.3, -0.25) is 0 Å². The molecule has 1 aliphatic carbocycles. The first-order valence-electron chi connectivity index (χ1n) is 23.2. The maximum atomic E-state index is 6.61. The molecule has 0 bridgehead atoms. The molecule has 1 aliphatic rings. The minimum Gasteiger partial charge on any atom is -0.497 e. The molecule has 0 spiro atoms. The van der Waals surface area contributed by atoms with Crippen molar-refractivity contribution in [1.29, 1.82) is 0 Å². The minimum absolute atomic E-state index is 0.0279. The van der Waals surface area contributed by atoms with Crippen LogP contribution in [0.25, 0.3) is 0 Å². The van der Waals surface area contributed by atoms with Crippen molar-refractivity contribution in [3.63, 3.8) is 0 Å². The van der Waals surface area contributed by atoms with E-state index in [1.165, 1.54) is 50.1 Å². The van der Waals surface area contributed by atoms with Crippen LogP contribution in [0.15, 0.2) is 188 Å². The lowest BCUT2D eigenvalue weighted by atomic mass is 9.37. The molecule has 8 rings (SSSR count). The molecular weight excluding hydrogens is 1270 g/mol. The van der Waals surface area contributed by atoms with Crippen LogP contribution >= 0.6 is 90.4 Å². The first kappa shape index (κ1) is 50.4. The highest BCUT2D eigenvalue weighted by Crippen LogP contribution is 2.82. The SMILES string of the molecule is COc1ccc(C2(c3ccc(C(C)(C)C)cc3)C(I)(c3ccc(C(C)(C)C)cc3)C(I)C(c3ccccc3)(c3ccc(OC(C)(C)C)cc3)C(c3ccccc3)(c3ccccc3)C2(I)I)cc1. The van der Waals surface area contributed by atoms with Crippen molar-refractivity contribution in [2.75, 3.05) is 7.11 Å². The van der Waals surface area contributed by atoms with Crippen molar-refractivity contribution in [2.24, 2.45) is 0 Å². The molecule has 0 heterocycles. The van der Waals surface area contributed by atoms with Gasteiger partial charge in [-0.15, -0.1) is 0 Å². The van der Waals surface area contributed by atoms with E-state index in [0.29, 0.717) is 0 Å². The quantitative estimate of drug-likeness (QED) is 0.106. The van der Waals surface area contributed by atoms with Gasteiger partial charge in [0.25, 0.3) is 0 Å². The molecule has 0 aromatic heterocycles. The van der Waals surface area contributed by atoms with E-state index in [9.17, 15) is 0 Å². The molecule has 0 radical (unpaired) electrons. The van der Waals surface area contributed by atoms with E-state index in [1.807, 2.05) is 0 Å². The summed E-state index contributed by atoms with van der Waals surface area (Å²) in [5.41, 5.74) is 8.60. The molecule has 4 unspecified atom stereocenters. The van der Waals surface area contributed by atoms with Gasteiger partial charge in [0.05, 0.1) is 21.4 Å². The molecule has 67 heavy (non-hydrogen) atoms. The van der Waals surface area contributed by atoms with Gasteiger partial charge < -0.3 is 9.47 Å². The Hall–Kier alpha value is -2.94. The maximum Gasteiger partial charge on any atom is 0.120 e. The van der Waals surface area contributed by atoms with Crippen molar-refractivity contribution in [3.05, 3.63) is 238 Å². The highest BCUT2D eigenvalue weighted by Gasteiger charge is 2.83. The molecule has 1 saturated carbocycles. The van der Waals surface area contributed by atoms with Gasteiger partial charge in [0.1, 0.15) is 18.5 Å². The van der Waals surface area contributed by atoms with Crippen LogP contribution in [-0.2, 0) is 30.5 Å². The Morgan fingerprint density at radius 1 is 0.388 bits per heavy atom. The zero-order valence-electron chi connectivity index (χ0n) is 40.3. The van der Waals surface area contributed by atoms with Gasteiger partial charge in [-0.1, -0.05) is 296 Å². The fourth-order valence-electron chi connectivity index (χ4n) is 11.1. The number of halogens is 4. The van der Waals surface area contributed by atoms with Crippen LogP contribution in [-0.4, -0.2) is 18.1 Å². The van der Waals surface area contributed by atoms with Gasteiger partial charge in [-0.2, -0.15) is 0 Å². The van der Waals surface area contributed by atoms with Crippen molar-refractivity contribution in [1.82, 2.24) is 0 Å². The predicted octanol–water partition coefficient (Wildman–Crippen LogP) is 17.4. The normalized spacial score (nSPS) is 22.7. The maximum absolute atomic E-state index is 6.61. The summed E-state index contributed by atoms with van der Waals surface area (Å²) in [4.78, 5) is 0. The first-order chi connectivity index (χ1) is 31.6. The highest BCUT2D eigenvalue weighted by atomic mass is 127. The predicted molar refractivity (Wildman–Crippen MR) is 316 cm³/mol. The van der Waals surface area contributed by atoms with E-state index in [4.69, 9.17) is 9.47 Å². The Balaban J connectivity index is 1.69. The Bertz CT molecular complexity index is 2730. The fraction of sp³-hybridized carbons (Fsp3) is 0.311. The molecule has 1 fully saturated rings. The van der Waals surface area contributed by atoms with Crippen LogP contribution in [0.1, 0.15) is 112 Å². The first-order valence-corrected chi connectivity index (χ1v) is 27.6. The summed E-state index contributed by atoms with van der Waals surface area (Å²) >= 11 is 11.9. The number of hydrogen-bond acceptors (Lipinski definition) is 2. The highest BCUT2D eigenvalue weighted by molar-refractivity contribution is 14.2. The monoisotopic (exact) mass is 1330 g/mol. The van der Waals surface area contributed by atoms with Gasteiger partial charge in [0, 0.05) is 9.34 Å². The molecule has 6 heteroatoms.